The second kappa shape index (κ2) is 3.55. The smallest absolute Gasteiger partial charge is 0.206 e. The van der Waals surface area contributed by atoms with E-state index in [1.165, 1.54) is 0 Å². The Kier molecular flexibility index (Phi) is 2.78. The van der Waals surface area contributed by atoms with Crippen LogP contribution in [0.25, 0.3) is 0 Å². The van der Waals surface area contributed by atoms with Crippen LogP contribution in [0.3, 0.4) is 0 Å². The van der Waals surface area contributed by atoms with Crippen molar-refractivity contribution in [1.29, 1.82) is 0 Å². The Morgan fingerprint density at radius 1 is 1.07 bits per heavy atom. The molecule has 1 rings (SSSR count). The molecule has 0 heterocycles. The van der Waals surface area contributed by atoms with Gasteiger partial charge in [0.25, 0.3) is 5.92 Å². The zero-order valence-electron chi connectivity index (χ0n) is 7.25. The average Bonchev–Trinajstić information content (AvgIpc) is 2.12. The predicted octanol–water partition coefficient (Wildman–Crippen LogP) is 3.61. The minimum atomic E-state index is -3.68. The first kappa shape index (κ1) is 10.9. The van der Waals surface area contributed by atoms with Gasteiger partial charge in [-0.2, -0.15) is 0 Å². The van der Waals surface area contributed by atoms with E-state index in [1.54, 1.807) is 0 Å². The Morgan fingerprint density at radius 2 is 1.57 bits per heavy atom. The quantitative estimate of drug-likeness (QED) is 0.516. The molecule has 0 nitrogen and oxygen atoms in total. The van der Waals surface area contributed by atoms with Crippen molar-refractivity contribution in [3.05, 3.63) is 35.1 Å². The molecule has 0 spiro atoms. The van der Waals surface area contributed by atoms with Gasteiger partial charge in [-0.1, -0.05) is 6.92 Å². The van der Waals surface area contributed by atoms with Crippen molar-refractivity contribution in [2.24, 2.45) is 0 Å². The minimum absolute atomic E-state index is 0.472. The zero-order chi connectivity index (χ0) is 10.9. The van der Waals surface area contributed by atoms with Crippen molar-refractivity contribution in [2.45, 2.75) is 19.3 Å². The van der Waals surface area contributed by atoms with Gasteiger partial charge in [-0.05, 0) is 12.1 Å². The van der Waals surface area contributed by atoms with Gasteiger partial charge in [0.05, 0.1) is 5.56 Å². The van der Waals surface area contributed by atoms with E-state index >= 15 is 0 Å². The van der Waals surface area contributed by atoms with Crippen LogP contribution >= 0.6 is 0 Å². The Bertz CT molecular complexity index is 345. The predicted molar refractivity (Wildman–Crippen MR) is 40.5 cm³/mol. The Hall–Kier alpha value is -1.13. The van der Waals surface area contributed by atoms with Gasteiger partial charge in [-0.15, -0.1) is 0 Å². The highest BCUT2D eigenvalue weighted by molar-refractivity contribution is 5.25. The molecular weight excluding hydrogens is 203 g/mol. The van der Waals surface area contributed by atoms with Crippen molar-refractivity contribution >= 4 is 0 Å². The Morgan fingerprint density at radius 3 is 2.07 bits per heavy atom. The SMILES string of the molecule is CCC(F)(F)c1c(F)ccc(F)c1F. The van der Waals surface area contributed by atoms with Gasteiger partial charge in [-0.25, -0.2) is 22.0 Å². The molecule has 0 amide bonds. The molecule has 0 saturated heterocycles. The van der Waals surface area contributed by atoms with E-state index in [2.05, 4.69) is 0 Å². The summed E-state index contributed by atoms with van der Waals surface area (Å²) in [6.07, 6.45) is -0.787. The molecule has 1 aromatic carbocycles. The maximum atomic E-state index is 12.9. The third-order valence-electron chi connectivity index (χ3n) is 1.85. The molecule has 5 heteroatoms. The van der Waals surface area contributed by atoms with Gasteiger partial charge >= 0.3 is 0 Å². The summed E-state index contributed by atoms with van der Waals surface area (Å²) in [5, 5.41) is 0. The largest absolute Gasteiger partial charge is 0.278 e. The summed E-state index contributed by atoms with van der Waals surface area (Å²) >= 11 is 0. The third-order valence-corrected chi connectivity index (χ3v) is 1.85. The van der Waals surface area contributed by atoms with Crippen LogP contribution in [0, 0.1) is 17.5 Å². The third kappa shape index (κ3) is 1.71. The van der Waals surface area contributed by atoms with Crippen molar-refractivity contribution in [1.82, 2.24) is 0 Å². The fraction of sp³-hybridized carbons (Fsp3) is 0.333. The summed E-state index contributed by atoms with van der Waals surface area (Å²) in [6, 6.07) is 0.956. The lowest BCUT2D eigenvalue weighted by Crippen LogP contribution is -2.17. The Labute approximate surface area is 77.4 Å². The van der Waals surface area contributed by atoms with Crippen LogP contribution in [-0.4, -0.2) is 0 Å². The summed E-state index contributed by atoms with van der Waals surface area (Å²) in [5.74, 6) is -8.42. The molecule has 0 saturated carbocycles. The molecule has 0 atom stereocenters. The molecule has 1 aromatic rings. The molecule has 0 fully saturated rings. The van der Waals surface area contributed by atoms with Crippen molar-refractivity contribution in [3.63, 3.8) is 0 Å². The van der Waals surface area contributed by atoms with Crippen molar-refractivity contribution < 1.29 is 22.0 Å². The average molecular weight is 210 g/mol. The summed E-state index contributed by atoms with van der Waals surface area (Å²) < 4.78 is 64.1. The van der Waals surface area contributed by atoms with Crippen LogP contribution in [0.15, 0.2) is 12.1 Å². The van der Waals surface area contributed by atoms with Crippen molar-refractivity contribution in [2.75, 3.05) is 0 Å². The van der Waals surface area contributed by atoms with E-state index in [1.807, 2.05) is 0 Å². The first-order valence-electron chi connectivity index (χ1n) is 3.92. The molecule has 0 unspecified atom stereocenters. The van der Waals surface area contributed by atoms with E-state index in [9.17, 15) is 22.0 Å². The molecule has 78 valence electrons. The summed E-state index contributed by atoms with van der Waals surface area (Å²) in [4.78, 5) is 0. The fourth-order valence-electron chi connectivity index (χ4n) is 1.04. The van der Waals surface area contributed by atoms with Crippen LogP contribution in [0.4, 0.5) is 22.0 Å². The van der Waals surface area contributed by atoms with Gasteiger partial charge < -0.3 is 0 Å². The fourth-order valence-corrected chi connectivity index (χ4v) is 1.04. The second-order valence-electron chi connectivity index (χ2n) is 2.78. The molecule has 14 heavy (non-hydrogen) atoms. The molecule has 0 aromatic heterocycles. The van der Waals surface area contributed by atoms with E-state index in [-0.39, 0.29) is 0 Å². The van der Waals surface area contributed by atoms with Crippen LogP contribution in [-0.2, 0) is 5.92 Å². The van der Waals surface area contributed by atoms with Gasteiger partial charge in [0.15, 0.2) is 11.6 Å². The highest BCUT2D eigenvalue weighted by atomic mass is 19.3. The highest BCUT2D eigenvalue weighted by Gasteiger charge is 2.36. The zero-order valence-corrected chi connectivity index (χ0v) is 7.25. The van der Waals surface area contributed by atoms with E-state index in [0.29, 0.717) is 12.1 Å². The highest BCUT2D eigenvalue weighted by Crippen LogP contribution is 2.35. The van der Waals surface area contributed by atoms with Gasteiger partial charge in [0, 0.05) is 6.42 Å². The standard InChI is InChI=1S/C9H7F5/c1-2-9(13,14)7-5(10)3-4-6(11)8(7)12/h3-4H,2H2,1H3. The molecule has 0 bridgehead atoms. The second-order valence-corrected chi connectivity index (χ2v) is 2.78. The van der Waals surface area contributed by atoms with Crippen LogP contribution in [0.5, 0.6) is 0 Å². The molecule has 0 aliphatic rings. The lowest BCUT2D eigenvalue weighted by atomic mass is 10.0. The molecule has 0 aliphatic carbocycles. The number of benzene rings is 1. The molecule has 0 N–H and O–H groups in total. The first-order chi connectivity index (χ1) is 6.40. The minimum Gasteiger partial charge on any atom is -0.206 e. The number of alkyl halides is 2. The molecule has 0 radical (unpaired) electrons. The number of halogens is 5. The lowest BCUT2D eigenvalue weighted by Gasteiger charge is -2.15. The number of hydrogen-bond donors (Lipinski definition) is 0. The monoisotopic (exact) mass is 210 g/mol. The van der Waals surface area contributed by atoms with E-state index < -0.39 is 35.4 Å². The number of rotatable bonds is 2. The van der Waals surface area contributed by atoms with Gasteiger partial charge in [-0.3, -0.25) is 0 Å². The van der Waals surface area contributed by atoms with Gasteiger partial charge in [0.1, 0.15) is 5.82 Å². The maximum absolute atomic E-state index is 12.9. The van der Waals surface area contributed by atoms with Gasteiger partial charge in [0.2, 0.25) is 0 Å². The number of hydrogen-bond acceptors (Lipinski definition) is 0. The van der Waals surface area contributed by atoms with E-state index in [4.69, 9.17) is 0 Å². The normalized spacial score (nSPS) is 11.9. The van der Waals surface area contributed by atoms with Crippen LogP contribution in [0.1, 0.15) is 18.9 Å². The summed E-state index contributed by atoms with van der Waals surface area (Å²) in [7, 11) is 0. The summed E-state index contributed by atoms with van der Waals surface area (Å²) in [6.45, 7) is 1.06. The van der Waals surface area contributed by atoms with Crippen LogP contribution in [0.2, 0.25) is 0 Å². The molecular formula is C9H7F5. The first-order valence-corrected chi connectivity index (χ1v) is 3.92. The topological polar surface area (TPSA) is 0 Å². The van der Waals surface area contributed by atoms with Crippen molar-refractivity contribution in [3.8, 4) is 0 Å². The maximum Gasteiger partial charge on any atom is 0.278 e. The lowest BCUT2D eigenvalue weighted by molar-refractivity contribution is -0.0160. The van der Waals surface area contributed by atoms with Crippen LogP contribution < -0.4 is 0 Å². The summed E-state index contributed by atoms with van der Waals surface area (Å²) in [5.41, 5.74) is -1.50. The molecule has 0 aliphatic heterocycles. The van der Waals surface area contributed by atoms with E-state index in [0.717, 1.165) is 6.92 Å². The Balaban J connectivity index is 3.40.